The Morgan fingerprint density at radius 2 is 1.85 bits per heavy atom. The first kappa shape index (κ1) is 16.2. The molecule has 26 heavy (non-hydrogen) atoms. The van der Waals surface area contributed by atoms with Crippen LogP contribution in [0.15, 0.2) is 60.2 Å². The van der Waals surface area contributed by atoms with Crippen molar-refractivity contribution >= 4 is 27.5 Å². The first-order valence-corrected chi connectivity index (χ1v) is 8.87. The van der Waals surface area contributed by atoms with E-state index in [2.05, 4.69) is 34.2 Å². The summed E-state index contributed by atoms with van der Waals surface area (Å²) in [4.78, 5) is 21.1. The summed E-state index contributed by atoms with van der Waals surface area (Å²) in [6, 6.07) is 15.1. The third kappa shape index (κ3) is 2.91. The number of aryl methyl sites for hydroxylation is 1. The van der Waals surface area contributed by atoms with Crippen molar-refractivity contribution in [3.63, 3.8) is 0 Å². The lowest BCUT2D eigenvalue weighted by atomic mass is 10.0. The largest absolute Gasteiger partial charge is 0.437 e. The van der Waals surface area contributed by atoms with Gasteiger partial charge in [0.1, 0.15) is 16.9 Å². The molecule has 0 aliphatic carbocycles. The molecule has 0 aliphatic heterocycles. The van der Waals surface area contributed by atoms with E-state index in [1.54, 1.807) is 24.3 Å². The number of ether oxygens (including phenoxy) is 1. The van der Waals surface area contributed by atoms with Crippen LogP contribution in [-0.2, 0) is 0 Å². The van der Waals surface area contributed by atoms with Gasteiger partial charge in [-0.15, -0.1) is 11.3 Å². The van der Waals surface area contributed by atoms with Crippen molar-refractivity contribution in [1.29, 1.82) is 0 Å². The van der Waals surface area contributed by atoms with E-state index in [9.17, 15) is 4.79 Å². The van der Waals surface area contributed by atoms with Gasteiger partial charge in [0.25, 0.3) is 5.91 Å². The zero-order valence-electron chi connectivity index (χ0n) is 14.0. The highest BCUT2D eigenvalue weighted by molar-refractivity contribution is 7.17. The van der Waals surface area contributed by atoms with Crippen LogP contribution in [0.2, 0.25) is 0 Å². The topological polar surface area (TPSA) is 78.1 Å². The molecule has 5 nitrogen and oxygen atoms in total. The van der Waals surface area contributed by atoms with E-state index in [1.807, 2.05) is 12.3 Å². The number of nitrogens with zero attached hydrogens (tertiary/aromatic N) is 2. The molecule has 0 atom stereocenters. The summed E-state index contributed by atoms with van der Waals surface area (Å²) in [7, 11) is 0. The summed E-state index contributed by atoms with van der Waals surface area (Å²) in [5.74, 6) is 0.233. The van der Waals surface area contributed by atoms with Crippen molar-refractivity contribution in [3.05, 3.63) is 71.4 Å². The number of primary amides is 1. The van der Waals surface area contributed by atoms with Crippen molar-refractivity contribution < 1.29 is 9.53 Å². The van der Waals surface area contributed by atoms with Crippen molar-refractivity contribution in [2.24, 2.45) is 5.73 Å². The monoisotopic (exact) mass is 361 g/mol. The number of aromatic nitrogens is 2. The van der Waals surface area contributed by atoms with Crippen LogP contribution in [0.5, 0.6) is 11.6 Å². The fraction of sp³-hybridized carbons (Fsp3) is 0.0500. The van der Waals surface area contributed by atoms with Crippen molar-refractivity contribution in [2.75, 3.05) is 0 Å². The maximum absolute atomic E-state index is 11.7. The molecule has 4 aromatic rings. The molecule has 0 spiro atoms. The second-order valence-electron chi connectivity index (χ2n) is 5.84. The normalized spacial score (nSPS) is 10.8. The van der Waals surface area contributed by atoms with Gasteiger partial charge < -0.3 is 10.5 Å². The lowest BCUT2D eigenvalue weighted by Crippen LogP contribution is -2.12. The van der Waals surface area contributed by atoms with E-state index < -0.39 is 5.91 Å². The fourth-order valence-corrected chi connectivity index (χ4v) is 3.64. The Balaban J connectivity index is 1.85. The van der Waals surface area contributed by atoms with Crippen LogP contribution in [0.4, 0.5) is 0 Å². The Bertz CT molecular complexity index is 1100. The second-order valence-corrected chi connectivity index (χ2v) is 6.69. The molecule has 2 heterocycles. The van der Waals surface area contributed by atoms with Gasteiger partial charge in [-0.25, -0.2) is 9.97 Å². The highest BCUT2D eigenvalue weighted by Gasteiger charge is 2.17. The lowest BCUT2D eigenvalue weighted by Gasteiger charge is -2.10. The number of fused-ring (bicyclic) bond motifs is 1. The number of carbonyl (C=O) groups is 1. The minimum absolute atomic E-state index is 0.311. The number of hydrogen-bond acceptors (Lipinski definition) is 5. The van der Waals surface area contributed by atoms with Gasteiger partial charge >= 0.3 is 0 Å². The Morgan fingerprint density at radius 1 is 1.08 bits per heavy atom. The van der Waals surface area contributed by atoms with Crippen molar-refractivity contribution in [1.82, 2.24) is 9.97 Å². The Hall–Kier alpha value is -3.25. The predicted molar refractivity (Wildman–Crippen MR) is 103 cm³/mol. The number of amides is 1. The van der Waals surface area contributed by atoms with E-state index in [0.29, 0.717) is 17.2 Å². The van der Waals surface area contributed by atoms with E-state index in [4.69, 9.17) is 10.5 Å². The fourth-order valence-electron chi connectivity index (χ4n) is 2.73. The van der Waals surface area contributed by atoms with Crippen LogP contribution in [0.3, 0.4) is 0 Å². The van der Waals surface area contributed by atoms with E-state index in [1.165, 1.54) is 23.2 Å². The van der Waals surface area contributed by atoms with Crippen molar-refractivity contribution in [2.45, 2.75) is 6.92 Å². The zero-order valence-corrected chi connectivity index (χ0v) is 14.8. The molecule has 2 aromatic heterocycles. The van der Waals surface area contributed by atoms with Gasteiger partial charge in [0.15, 0.2) is 0 Å². The van der Waals surface area contributed by atoms with Crippen LogP contribution < -0.4 is 10.5 Å². The molecule has 0 unspecified atom stereocenters. The third-order valence-electron chi connectivity index (χ3n) is 4.06. The smallest absolute Gasteiger partial charge is 0.252 e. The standard InChI is InChI=1S/C20H15N3O2S/c1-12-6-8-13(9-7-12)15-10-26-20-17(15)19(22-11-23-20)25-16-5-3-2-4-14(16)18(21)24/h2-11H,1H3,(H2,21,24). The summed E-state index contributed by atoms with van der Waals surface area (Å²) in [6.45, 7) is 2.05. The molecule has 0 radical (unpaired) electrons. The SMILES string of the molecule is Cc1ccc(-c2csc3ncnc(Oc4ccccc4C(N)=O)c23)cc1. The van der Waals surface area contributed by atoms with Crippen LogP contribution in [-0.4, -0.2) is 15.9 Å². The first-order valence-electron chi connectivity index (χ1n) is 7.99. The van der Waals surface area contributed by atoms with Crippen molar-refractivity contribution in [3.8, 4) is 22.8 Å². The van der Waals surface area contributed by atoms with Gasteiger partial charge in [-0.2, -0.15) is 0 Å². The summed E-state index contributed by atoms with van der Waals surface area (Å²) >= 11 is 1.53. The molecule has 128 valence electrons. The maximum atomic E-state index is 11.7. The minimum Gasteiger partial charge on any atom is -0.437 e. The van der Waals surface area contributed by atoms with Crippen LogP contribution in [0, 0.1) is 6.92 Å². The number of hydrogen-bond donors (Lipinski definition) is 1. The molecule has 0 saturated carbocycles. The minimum atomic E-state index is -0.546. The van der Waals surface area contributed by atoms with Gasteiger partial charge in [-0.05, 0) is 24.6 Å². The molecule has 2 N–H and O–H groups in total. The van der Waals surface area contributed by atoms with E-state index >= 15 is 0 Å². The lowest BCUT2D eigenvalue weighted by molar-refractivity contribution is 0.0998. The van der Waals surface area contributed by atoms with Crippen LogP contribution in [0.1, 0.15) is 15.9 Å². The number of carbonyl (C=O) groups excluding carboxylic acids is 1. The molecule has 1 amide bonds. The van der Waals surface area contributed by atoms with Crippen LogP contribution >= 0.6 is 11.3 Å². The van der Waals surface area contributed by atoms with E-state index in [0.717, 1.165) is 21.3 Å². The number of nitrogens with two attached hydrogens (primary N) is 1. The third-order valence-corrected chi connectivity index (χ3v) is 4.94. The highest BCUT2D eigenvalue weighted by Crippen LogP contribution is 2.39. The van der Waals surface area contributed by atoms with E-state index in [-0.39, 0.29) is 0 Å². The van der Waals surface area contributed by atoms with Crippen LogP contribution in [0.25, 0.3) is 21.3 Å². The number of thiophene rings is 1. The molecular formula is C20H15N3O2S. The molecule has 4 rings (SSSR count). The van der Waals surface area contributed by atoms with Gasteiger partial charge in [-0.3, -0.25) is 4.79 Å². The molecule has 0 fully saturated rings. The molecule has 0 bridgehead atoms. The molecule has 2 aromatic carbocycles. The van der Waals surface area contributed by atoms with Gasteiger partial charge in [-0.1, -0.05) is 42.0 Å². The van der Waals surface area contributed by atoms with Gasteiger partial charge in [0, 0.05) is 10.9 Å². The number of para-hydroxylation sites is 1. The number of rotatable bonds is 4. The highest BCUT2D eigenvalue weighted by atomic mass is 32.1. The maximum Gasteiger partial charge on any atom is 0.252 e. The summed E-state index contributed by atoms with van der Waals surface area (Å²) < 4.78 is 5.98. The quantitative estimate of drug-likeness (QED) is 0.578. The van der Waals surface area contributed by atoms with Gasteiger partial charge in [0.05, 0.1) is 10.9 Å². The Labute approximate surface area is 154 Å². The molecular weight excluding hydrogens is 346 g/mol. The molecule has 0 saturated heterocycles. The second kappa shape index (κ2) is 6.57. The van der Waals surface area contributed by atoms with Gasteiger partial charge in [0.2, 0.25) is 5.88 Å². The summed E-state index contributed by atoms with van der Waals surface area (Å²) in [5.41, 5.74) is 9.01. The number of benzene rings is 2. The first-order chi connectivity index (χ1) is 12.6. The average molecular weight is 361 g/mol. The molecule has 0 aliphatic rings. The molecule has 6 heteroatoms. The predicted octanol–water partition coefficient (Wildman–Crippen LogP) is 4.56. The zero-order chi connectivity index (χ0) is 18.1. The Kier molecular flexibility index (Phi) is 4.10. The average Bonchev–Trinajstić information content (AvgIpc) is 3.08. The summed E-state index contributed by atoms with van der Waals surface area (Å²) in [5, 5.41) is 2.86. The Morgan fingerprint density at radius 3 is 2.62 bits per heavy atom. The summed E-state index contributed by atoms with van der Waals surface area (Å²) in [6.07, 6.45) is 1.46.